The Morgan fingerprint density at radius 1 is 1.35 bits per heavy atom. The van der Waals surface area contributed by atoms with E-state index in [1.807, 2.05) is 13.0 Å². The maximum Gasteiger partial charge on any atom is 0.109 e. The lowest BCUT2D eigenvalue weighted by Gasteiger charge is -2.10. The van der Waals surface area contributed by atoms with Crippen LogP contribution in [-0.4, -0.2) is 9.55 Å². The number of unbranched alkanes of at least 4 members (excludes halogenated alkanes) is 1. The lowest BCUT2D eigenvalue weighted by molar-refractivity contribution is 0.562. The van der Waals surface area contributed by atoms with Crippen molar-refractivity contribution in [2.45, 2.75) is 39.7 Å². The molecule has 2 rings (SSSR count). The number of hydrogen-bond acceptors (Lipinski definition) is 2. The molecule has 1 atom stereocenters. The fourth-order valence-electron chi connectivity index (χ4n) is 2.21. The molecular weight excluding hydrogens is 293 g/mol. The van der Waals surface area contributed by atoms with Crippen molar-refractivity contribution < 1.29 is 0 Å². The first kappa shape index (κ1) is 15.2. The highest BCUT2D eigenvalue weighted by Crippen LogP contribution is 2.29. The molecule has 0 saturated heterocycles. The van der Waals surface area contributed by atoms with Gasteiger partial charge < -0.3 is 4.57 Å². The zero-order chi connectivity index (χ0) is 14.7. The fourth-order valence-corrected chi connectivity index (χ4v) is 2.53. The molecule has 0 amide bonds. The van der Waals surface area contributed by atoms with Crippen LogP contribution in [0.4, 0.5) is 0 Å². The molecule has 0 spiro atoms. The van der Waals surface area contributed by atoms with Crippen LogP contribution in [-0.2, 0) is 13.0 Å². The molecule has 0 saturated carbocycles. The number of aromatic nitrogens is 2. The summed E-state index contributed by atoms with van der Waals surface area (Å²) in [5.41, 5.74) is 1.79. The summed E-state index contributed by atoms with van der Waals surface area (Å²) in [7, 11) is 0. The number of nitrogens with zero attached hydrogens (tertiary/aromatic N) is 3. The summed E-state index contributed by atoms with van der Waals surface area (Å²) in [4.78, 5) is 4.65. The standard InChI is InChI=1S/C15H17Cl2N3/c1-3-4-5-15-19-13-6-11(16)12(17)7-14(13)20(15)9-10(2)8-18/h6-7,10H,3-5,9H2,1-2H3. The third-order valence-electron chi connectivity index (χ3n) is 3.30. The minimum absolute atomic E-state index is 0.0674. The van der Waals surface area contributed by atoms with Crippen LogP contribution in [0.1, 0.15) is 32.5 Å². The lowest BCUT2D eigenvalue weighted by Crippen LogP contribution is -2.09. The topological polar surface area (TPSA) is 41.6 Å². The number of halogens is 2. The SMILES string of the molecule is CCCCc1nc2cc(Cl)c(Cl)cc2n1CC(C)C#N. The Kier molecular flexibility index (Phi) is 4.91. The van der Waals surface area contributed by atoms with E-state index < -0.39 is 0 Å². The predicted molar refractivity (Wildman–Crippen MR) is 83.1 cm³/mol. The molecule has 20 heavy (non-hydrogen) atoms. The highest BCUT2D eigenvalue weighted by molar-refractivity contribution is 6.42. The number of nitriles is 1. The van der Waals surface area contributed by atoms with Gasteiger partial charge in [-0.2, -0.15) is 5.26 Å². The molecule has 2 aromatic rings. The van der Waals surface area contributed by atoms with E-state index in [0.717, 1.165) is 36.1 Å². The molecule has 0 aliphatic rings. The first-order valence-corrected chi connectivity index (χ1v) is 7.56. The molecule has 0 bridgehead atoms. The van der Waals surface area contributed by atoms with E-state index in [4.69, 9.17) is 28.5 Å². The minimum atomic E-state index is -0.0674. The molecule has 0 aliphatic heterocycles. The lowest BCUT2D eigenvalue weighted by atomic mass is 10.2. The van der Waals surface area contributed by atoms with Gasteiger partial charge in [-0.05, 0) is 25.5 Å². The van der Waals surface area contributed by atoms with Crippen molar-refractivity contribution in [3.8, 4) is 6.07 Å². The van der Waals surface area contributed by atoms with Crippen molar-refractivity contribution >= 4 is 34.2 Å². The van der Waals surface area contributed by atoms with Crippen LogP contribution in [0.5, 0.6) is 0 Å². The van der Waals surface area contributed by atoms with Crippen LogP contribution in [0.15, 0.2) is 12.1 Å². The van der Waals surface area contributed by atoms with Gasteiger partial charge in [-0.3, -0.25) is 0 Å². The van der Waals surface area contributed by atoms with E-state index in [9.17, 15) is 0 Å². The average molecular weight is 310 g/mol. The van der Waals surface area contributed by atoms with Crippen LogP contribution in [0, 0.1) is 17.2 Å². The summed E-state index contributed by atoms with van der Waals surface area (Å²) in [6, 6.07) is 5.90. The van der Waals surface area contributed by atoms with E-state index >= 15 is 0 Å². The number of hydrogen-bond donors (Lipinski definition) is 0. The Balaban J connectivity index is 2.52. The van der Waals surface area contributed by atoms with Crippen molar-refractivity contribution in [1.29, 1.82) is 5.26 Å². The smallest absolute Gasteiger partial charge is 0.109 e. The molecule has 106 valence electrons. The normalized spacial score (nSPS) is 12.6. The Labute approximate surface area is 129 Å². The number of aryl methyl sites for hydroxylation is 1. The van der Waals surface area contributed by atoms with Gasteiger partial charge in [-0.1, -0.05) is 36.5 Å². The van der Waals surface area contributed by atoms with Gasteiger partial charge in [-0.25, -0.2) is 4.98 Å². The average Bonchev–Trinajstić information content (AvgIpc) is 2.74. The quantitative estimate of drug-likeness (QED) is 0.792. The van der Waals surface area contributed by atoms with Crippen molar-refractivity contribution in [2.24, 2.45) is 5.92 Å². The van der Waals surface area contributed by atoms with Gasteiger partial charge in [0, 0.05) is 13.0 Å². The van der Waals surface area contributed by atoms with E-state index in [1.54, 1.807) is 6.07 Å². The molecule has 0 aliphatic carbocycles. The Hall–Kier alpha value is -1.24. The first-order valence-electron chi connectivity index (χ1n) is 6.80. The van der Waals surface area contributed by atoms with Crippen molar-refractivity contribution in [1.82, 2.24) is 9.55 Å². The van der Waals surface area contributed by atoms with Crippen LogP contribution < -0.4 is 0 Å². The van der Waals surface area contributed by atoms with E-state index in [-0.39, 0.29) is 5.92 Å². The summed E-state index contributed by atoms with van der Waals surface area (Å²) in [6.45, 7) is 4.69. The second-order valence-corrected chi connectivity index (χ2v) is 5.84. The molecule has 1 aromatic carbocycles. The third-order valence-corrected chi connectivity index (χ3v) is 4.02. The monoisotopic (exact) mass is 309 g/mol. The zero-order valence-corrected chi connectivity index (χ0v) is 13.2. The van der Waals surface area contributed by atoms with Gasteiger partial charge >= 0.3 is 0 Å². The second-order valence-electron chi connectivity index (χ2n) is 5.03. The van der Waals surface area contributed by atoms with Crippen LogP contribution >= 0.6 is 23.2 Å². The molecule has 1 unspecified atom stereocenters. The highest BCUT2D eigenvalue weighted by Gasteiger charge is 2.14. The minimum Gasteiger partial charge on any atom is -0.327 e. The number of fused-ring (bicyclic) bond motifs is 1. The van der Waals surface area contributed by atoms with Gasteiger partial charge in [0.05, 0.1) is 33.1 Å². The number of rotatable bonds is 5. The largest absolute Gasteiger partial charge is 0.327 e. The summed E-state index contributed by atoms with van der Waals surface area (Å²) in [5, 5.41) is 10.1. The second kappa shape index (κ2) is 6.47. The van der Waals surface area contributed by atoms with Gasteiger partial charge in [0.15, 0.2) is 0 Å². The molecule has 1 heterocycles. The Morgan fingerprint density at radius 3 is 2.70 bits per heavy atom. The first-order chi connectivity index (χ1) is 9.56. The molecule has 0 radical (unpaired) electrons. The predicted octanol–water partition coefficient (Wildman–Crippen LogP) is 4.85. The summed E-state index contributed by atoms with van der Waals surface area (Å²) < 4.78 is 2.10. The summed E-state index contributed by atoms with van der Waals surface area (Å²) in [5.74, 6) is 0.935. The van der Waals surface area contributed by atoms with E-state index in [1.165, 1.54) is 0 Å². The van der Waals surface area contributed by atoms with Crippen molar-refractivity contribution in [2.75, 3.05) is 0 Å². The molecule has 0 N–H and O–H groups in total. The maximum atomic E-state index is 9.04. The molecule has 3 nitrogen and oxygen atoms in total. The van der Waals surface area contributed by atoms with Crippen LogP contribution in [0.2, 0.25) is 10.0 Å². The van der Waals surface area contributed by atoms with Crippen molar-refractivity contribution in [3.63, 3.8) is 0 Å². The van der Waals surface area contributed by atoms with Gasteiger partial charge in [0.2, 0.25) is 0 Å². The Bertz CT molecular complexity index is 655. The number of benzene rings is 1. The highest BCUT2D eigenvalue weighted by atomic mass is 35.5. The van der Waals surface area contributed by atoms with Crippen molar-refractivity contribution in [3.05, 3.63) is 28.0 Å². The van der Waals surface area contributed by atoms with Crippen LogP contribution in [0.25, 0.3) is 11.0 Å². The third kappa shape index (κ3) is 3.08. The fraction of sp³-hybridized carbons (Fsp3) is 0.467. The van der Waals surface area contributed by atoms with Crippen LogP contribution in [0.3, 0.4) is 0 Å². The molecular formula is C15H17Cl2N3. The van der Waals surface area contributed by atoms with Gasteiger partial charge in [0.1, 0.15) is 5.82 Å². The van der Waals surface area contributed by atoms with E-state index in [2.05, 4.69) is 22.5 Å². The molecule has 0 fully saturated rings. The summed E-state index contributed by atoms with van der Waals surface area (Å²) in [6.07, 6.45) is 3.09. The number of imidazole rings is 1. The van der Waals surface area contributed by atoms with Gasteiger partial charge in [0.25, 0.3) is 0 Å². The molecule has 1 aromatic heterocycles. The zero-order valence-electron chi connectivity index (χ0n) is 11.7. The van der Waals surface area contributed by atoms with Gasteiger partial charge in [-0.15, -0.1) is 0 Å². The summed E-state index contributed by atoms with van der Waals surface area (Å²) >= 11 is 12.2. The van der Waals surface area contributed by atoms with E-state index in [0.29, 0.717) is 16.6 Å². The molecule has 5 heteroatoms. The Morgan fingerprint density at radius 2 is 2.05 bits per heavy atom. The maximum absolute atomic E-state index is 9.04.